The number of carbonyl (C=O) groups excluding carboxylic acids is 3. The van der Waals surface area contributed by atoms with Crippen LogP contribution in [0.15, 0.2) is 0 Å². The van der Waals surface area contributed by atoms with Gasteiger partial charge < -0.3 is 10.1 Å². The number of rotatable bonds is 2. The lowest BCUT2D eigenvalue weighted by Gasteiger charge is -1.97. The number of amides is 3. The highest BCUT2D eigenvalue weighted by atomic mass is 16.2. The summed E-state index contributed by atoms with van der Waals surface area (Å²) in [6.45, 7) is 0. The fourth-order valence-corrected chi connectivity index (χ4v) is 0.721. The molecule has 1 unspecified atom stereocenters. The van der Waals surface area contributed by atoms with Crippen LogP contribution in [0.5, 0.6) is 0 Å². The Morgan fingerprint density at radius 1 is 1.50 bits per heavy atom. The Labute approximate surface area is 56.8 Å². The molecular weight excluding hydrogens is 136 g/mol. The summed E-state index contributed by atoms with van der Waals surface area (Å²) < 4.78 is 0. The summed E-state index contributed by atoms with van der Waals surface area (Å²) in [6, 6.07) is -1.19. The normalized spacial score (nSPS) is 23.8. The van der Waals surface area contributed by atoms with Crippen molar-refractivity contribution in [1.29, 1.82) is 0 Å². The maximum Gasteiger partial charge on any atom is 0.322 e. The van der Waals surface area contributed by atoms with Crippen LogP contribution in [0.4, 0.5) is 4.79 Å². The Hall–Kier alpha value is -1.39. The molecule has 0 aromatic carbocycles. The van der Waals surface area contributed by atoms with Crippen LogP contribution in [-0.4, -0.2) is 24.3 Å². The molecule has 1 saturated heterocycles. The summed E-state index contributed by atoms with van der Waals surface area (Å²) in [5, 5.41) is 4.28. The number of aldehydes is 1. The number of nitrogens with one attached hydrogen (secondary N) is 2. The summed E-state index contributed by atoms with van der Waals surface area (Å²) in [7, 11) is 0. The van der Waals surface area contributed by atoms with E-state index in [-0.39, 0.29) is 6.42 Å². The van der Waals surface area contributed by atoms with E-state index in [0.29, 0.717) is 6.29 Å². The lowest BCUT2D eigenvalue weighted by atomic mass is 10.2. The van der Waals surface area contributed by atoms with Crippen LogP contribution < -0.4 is 10.6 Å². The number of hydrogen-bond acceptors (Lipinski definition) is 3. The molecule has 1 rings (SSSR count). The molecule has 3 amide bonds. The second-order valence-corrected chi connectivity index (χ2v) is 1.92. The average molecular weight is 142 g/mol. The van der Waals surface area contributed by atoms with Gasteiger partial charge in [-0.3, -0.25) is 10.1 Å². The summed E-state index contributed by atoms with van der Waals surface area (Å²) in [5.41, 5.74) is 0. The van der Waals surface area contributed by atoms with Crippen LogP contribution in [0.1, 0.15) is 6.42 Å². The van der Waals surface area contributed by atoms with Crippen molar-refractivity contribution < 1.29 is 14.4 Å². The predicted molar refractivity (Wildman–Crippen MR) is 31.1 cm³/mol. The van der Waals surface area contributed by atoms with E-state index in [1.165, 1.54) is 0 Å². The van der Waals surface area contributed by atoms with Gasteiger partial charge in [-0.2, -0.15) is 0 Å². The monoisotopic (exact) mass is 142 g/mol. The first-order valence-electron chi connectivity index (χ1n) is 2.79. The van der Waals surface area contributed by atoms with Gasteiger partial charge in [-0.05, 0) is 0 Å². The standard InChI is InChI=1S/C5H6N2O3/c8-2-1-3-4(9)7-5(10)6-3/h2-3H,1H2,(H2,6,7,9,10). The fourth-order valence-electron chi connectivity index (χ4n) is 0.721. The Bertz CT molecular complexity index is 189. The van der Waals surface area contributed by atoms with E-state index < -0.39 is 18.0 Å². The van der Waals surface area contributed by atoms with E-state index in [9.17, 15) is 14.4 Å². The molecule has 2 N–H and O–H groups in total. The summed E-state index contributed by atoms with van der Waals surface area (Å²) in [4.78, 5) is 30.9. The van der Waals surface area contributed by atoms with Gasteiger partial charge in [0.1, 0.15) is 12.3 Å². The molecule has 0 aliphatic carbocycles. The maximum atomic E-state index is 10.6. The largest absolute Gasteiger partial charge is 0.326 e. The van der Waals surface area contributed by atoms with Crippen molar-refractivity contribution in [2.45, 2.75) is 12.5 Å². The lowest BCUT2D eigenvalue weighted by molar-refractivity contribution is -0.121. The highest BCUT2D eigenvalue weighted by Gasteiger charge is 2.28. The van der Waals surface area contributed by atoms with Crippen molar-refractivity contribution >= 4 is 18.2 Å². The van der Waals surface area contributed by atoms with Gasteiger partial charge in [-0.25, -0.2) is 4.79 Å². The van der Waals surface area contributed by atoms with Crippen molar-refractivity contribution in [3.05, 3.63) is 0 Å². The number of urea groups is 1. The Morgan fingerprint density at radius 3 is 2.60 bits per heavy atom. The number of carbonyl (C=O) groups is 3. The predicted octanol–water partition coefficient (Wildman–Crippen LogP) is -1.22. The summed E-state index contributed by atoms with van der Waals surface area (Å²) in [5.74, 6) is -0.433. The minimum absolute atomic E-state index is 0.0393. The quantitative estimate of drug-likeness (QED) is 0.375. The van der Waals surface area contributed by atoms with Crippen molar-refractivity contribution in [2.24, 2.45) is 0 Å². The number of hydrogen-bond donors (Lipinski definition) is 2. The maximum absolute atomic E-state index is 10.6. The second-order valence-electron chi connectivity index (χ2n) is 1.92. The van der Waals surface area contributed by atoms with Gasteiger partial charge in [-0.15, -0.1) is 0 Å². The fraction of sp³-hybridized carbons (Fsp3) is 0.400. The Balaban J connectivity index is 2.54. The molecule has 0 bridgehead atoms. The molecule has 1 atom stereocenters. The van der Waals surface area contributed by atoms with Crippen LogP contribution in [0.3, 0.4) is 0 Å². The SMILES string of the molecule is O=CCC1NC(=O)NC1=O. The van der Waals surface area contributed by atoms with E-state index in [4.69, 9.17) is 0 Å². The third-order valence-corrected chi connectivity index (χ3v) is 1.19. The van der Waals surface area contributed by atoms with Crippen LogP contribution in [0.2, 0.25) is 0 Å². The molecule has 0 radical (unpaired) electrons. The van der Waals surface area contributed by atoms with Gasteiger partial charge in [0.25, 0.3) is 5.91 Å². The van der Waals surface area contributed by atoms with E-state index in [1.54, 1.807) is 0 Å². The van der Waals surface area contributed by atoms with Gasteiger partial charge in [-0.1, -0.05) is 0 Å². The average Bonchev–Trinajstić information content (AvgIpc) is 2.13. The van der Waals surface area contributed by atoms with E-state index >= 15 is 0 Å². The molecule has 54 valence electrons. The van der Waals surface area contributed by atoms with Gasteiger partial charge in [0.05, 0.1) is 0 Å². The van der Waals surface area contributed by atoms with Crippen molar-refractivity contribution in [3.8, 4) is 0 Å². The molecule has 10 heavy (non-hydrogen) atoms. The molecule has 5 heteroatoms. The molecule has 1 aliphatic heterocycles. The highest BCUT2D eigenvalue weighted by molar-refractivity contribution is 6.04. The first-order chi connectivity index (χ1) is 4.74. The van der Waals surface area contributed by atoms with E-state index in [0.717, 1.165) is 0 Å². The third-order valence-electron chi connectivity index (χ3n) is 1.19. The minimum Gasteiger partial charge on any atom is -0.326 e. The van der Waals surface area contributed by atoms with Gasteiger partial charge in [0, 0.05) is 6.42 Å². The van der Waals surface area contributed by atoms with Crippen molar-refractivity contribution in [2.75, 3.05) is 0 Å². The van der Waals surface area contributed by atoms with Crippen molar-refractivity contribution in [1.82, 2.24) is 10.6 Å². The van der Waals surface area contributed by atoms with Gasteiger partial charge in [0.2, 0.25) is 0 Å². The topological polar surface area (TPSA) is 75.3 Å². The zero-order valence-electron chi connectivity index (χ0n) is 5.09. The number of imide groups is 1. The smallest absolute Gasteiger partial charge is 0.322 e. The molecule has 0 aromatic heterocycles. The zero-order valence-corrected chi connectivity index (χ0v) is 5.09. The summed E-state index contributed by atoms with van der Waals surface area (Å²) >= 11 is 0. The molecule has 1 aliphatic rings. The van der Waals surface area contributed by atoms with Gasteiger partial charge >= 0.3 is 6.03 Å². The van der Waals surface area contributed by atoms with Crippen LogP contribution in [0, 0.1) is 0 Å². The summed E-state index contributed by atoms with van der Waals surface area (Å²) in [6.07, 6.45) is 0.632. The van der Waals surface area contributed by atoms with E-state index in [2.05, 4.69) is 5.32 Å². The molecular formula is C5H6N2O3. The highest BCUT2D eigenvalue weighted by Crippen LogP contribution is 1.94. The Morgan fingerprint density at radius 2 is 2.20 bits per heavy atom. The van der Waals surface area contributed by atoms with Crippen molar-refractivity contribution in [3.63, 3.8) is 0 Å². The van der Waals surface area contributed by atoms with Crippen LogP contribution >= 0.6 is 0 Å². The third kappa shape index (κ3) is 1.12. The first kappa shape index (κ1) is 6.73. The van der Waals surface area contributed by atoms with Crippen LogP contribution in [0.25, 0.3) is 0 Å². The molecule has 5 nitrogen and oxygen atoms in total. The first-order valence-corrected chi connectivity index (χ1v) is 2.79. The van der Waals surface area contributed by atoms with E-state index in [1.807, 2.05) is 5.32 Å². The zero-order chi connectivity index (χ0) is 7.56. The minimum atomic E-state index is -0.662. The molecule has 0 aromatic rings. The molecule has 1 heterocycles. The second kappa shape index (κ2) is 2.47. The van der Waals surface area contributed by atoms with Crippen LogP contribution in [-0.2, 0) is 9.59 Å². The Kier molecular flexibility index (Phi) is 1.66. The molecule has 1 fully saturated rings. The molecule has 0 saturated carbocycles. The van der Waals surface area contributed by atoms with Gasteiger partial charge in [0.15, 0.2) is 0 Å². The lowest BCUT2D eigenvalue weighted by Crippen LogP contribution is -2.28. The molecule has 0 spiro atoms.